The van der Waals surface area contributed by atoms with Gasteiger partial charge < -0.3 is 20.1 Å². The highest BCUT2D eigenvalue weighted by molar-refractivity contribution is 5.95. The third-order valence-electron chi connectivity index (χ3n) is 3.76. The first-order chi connectivity index (χ1) is 11.2. The van der Waals surface area contributed by atoms with Gasteiger partial charge in [-0.15, -0.1) is 0 Å². The van der Waals surface area contributed by atoms with E-state index in [1.807, 2.05) is 30.5 Å². The monoisotopic (exact) mass is 310 g/mol. The number of rotatable bonds is 5. The van der Waals surface area contributed by atoms with Crippen molar-refractivity contribution in [1.29, 1.82) is 0 Å². The van der Waals surface area contributed by atoms with E-state index in [0.717, 1.165) is 16.5 Å². The molecule has 5 heteroatoms. The number of carbonyl (C=O) groups is 1. The number of aromatic nitrogens is 1. The second kappa shape index (κ2) is 6.54. The molecule has 3 N–H and O–H groups in total. The normalized spacial score (nSPS) is 10.7. The predicted molar refractivity (Wildman–Crippen MR) is 89.5 cm³/mol. The molecule has 5 nitrogen and oxygen atoms in total. The Balaban J connectivity index is 1.74. The summed E-state index contributed by atoms with van der Waals surface area (Å²) in [4.78, 5) is 15.4. The summed E-state index contributed by atoms with van der Waals surface area (Å²) in [5.74, 6) is 0.492. The van der Waals surface area contributed by atoms with Crippen LogP contribution in [-0.4, -0.2) is 23.1 Å². The summed E-state index contributed by atoms with van der Waals surface area (Å²) >= 11 is 0. The van der Waals surface area contributed by atoms with Crippen LogP contribution in [0.5, 0.6) is 5.75 Å². The Morgan fingerprint density at radius 1 is 1.22 bits per heavy atom. The minimum Gasteiger partial charge on any atom is -0.496 e. The lowest BCUT2D eigenvalue weighted by Crippen LogP contribution is -2.14. The fourth-order valence-corrected chi connectivity index (χ4v) is 2.64. The van der Waals surface area contributed by atoms with Gasteiger partial charge in [-0.3, -0.25) is 4.79 Å². The summed E-state index contributed by atoms with van der Waals surface area (Å²) in [6, 6.07) is 13.1. The average Bonchev–Trinajstić information content (AvgIpc) is 2.97. The molecule has 3 rings (SSSR count). The molecule has 1 amide bonds. The Morgan fingerprint density at radius 2 is 2.04 bits per heavy atom. The molecule has 1 aromatic heterocycles. The number of hydrogen-bond acceptors (Lipinski definition) is 3. The Kier molecular flexibility index (Phi) is 4.30. The molecule has 0 spiro atoms. The zero-order chi connectivity index (χ0) is 16.2. The number of aliphatic hydroxyl groups excluding tert-OH is 1. The molecule has 23 heavy (non-hydrogen) atoms. The van der Waals surface area contributed by atoms with Crippen LogP contribution in [0.4, 0.5) is 5.69 Å². The first kappa shape index (κ1) is 15.1. The molecule has 0 unspecified atom stereocenters. The van der Waals surface area contributed by atoms with Gasteiger partial charge in [0, 0.05) is 28.4 Å². The number of hydrogen-bond donors (Lipinski definition) is 3. The molecule has 0 radical (unpaired) electrons. The second-order valence-electron chi connectivity index (χ2n) is 5.27. The van der Waals surface area contributed by atoms with Crippen LogP contribution in [0.25, 0.3) is 10.9 Å². The van der Waals surface area contributed by atoms with Crippen LogP contribution in [-0.2, 0) is 17.8 Å². The third-order valence-corrected chi connectivity index (χ3v) is 3.76. The predicted octanol–water partition coefficient (Wildman–Crippen LogP) is 2.85. The first-order valence-electron chi connectivity index (χ1n) is 7.34. The van der Waals surface area contributed by atoms with Crippen LogP contribution in [0, 0.1) is 0 Å². The summed E-state index contributed by atoms with van der Waals surface area (Å²) in [6.07, 6.45) is 2.14. The standard InChI is InChI=1S/C18H18N2O3/c1-23-17-7-6-14(8-13(17)11-21)20-18(22)9-12-10-19-16-5-3-2-4-15(12)16/h2-8,10,19,21H,9,11H2,1H3,(H,20,22). The van der Waals surface area contributed by atoms with Gasteiger partial charge in [0.25, 0.3) is 0 Å². The first-order valence-corrected chi connectivity index (χ1v) is 7.34. The topological polar surface area (TPSA) is 74.3 Å². The van der Waals surface area contributed by atoms with Crippen molar-refractivity contribution in [3.63, 3.8) is 0 Å². The highest BCUT2D eigenvalue weighted by atomic mass is 16.5. The van der Waals surface area contributed by atoms with E-state index in [1.54, 1.807) is 25.3 Å². The highest BCUT2D eigenvalue weighted by Gasteiger charge is 2.10. The fourth-order valence-electron chi connectivity index (χ4n) is 2.64. The van der Waals surface area contributed by atoms with E-state index in [1.165, 1.54) is 0 Å². The number of anilines is 1. The van der Waals surface area contributed by atoms with Crippen LogP contribution in [0.2, 0.25) is 0 Å². The van der Waals surface area contributed by atoms with Crippen LogP contribution in [0.15, 0.2) is 48.7 Å². The minimum atomic E-state index is -0.144. The molecule has 2 aromatic carbocycles. The van der Waals surface area contributed by atoms with E-state index in [9.17, 15) is 9.90 Å². The zero-order valence-electron chi connectivity index (χ0n) is 12.8. The van der Waals surface area contributed by atoms with Gasteiger partial charge in [-0.2, -0.15) is 0 Å². The summed E-state index contributed by atoms with van der Waals surface area (Å²) in [6.45, 7) is -0.144. The maximum absolute atomic E-state index is 12.3. The molecule has 0 fully saturated rings. The van der Waals surface area contributed by atoms with Crippen molar-refractivity contribution in [1.82, 2.24) is 4.98 Å². The molecule has 0 bridgehead atoms. The lowest BCUT2D eigenvalue weighted by atomic mass is 10.1. The van der Waals surface area contributed by atoms with E-state index in [2.05, 4.69) is 10.3 Å². The van der Waals surface area contributed by atoms with Crippen molar-refractivity contribution in [2.45, 2.75) is 13.0 Å². The fraction of sp³-hybridized carbons (Fsp3) is 0.167. The summed E-state index contributed by atoms with van der Waals surface area (Å²) in [7, 11) is 1.55. The van der Waals surface area contributed by atoms with Crippen molar-refractivity contribution < 1.29 is 14.6 Å². The Morgan fingerprint density at radius 3 is 2.83 bits per heavy atom. The van der Waals surface area contributed by atoms with Crippen molar-refractivity contribution in [2.24, 2.45) is 0 Å². The van der Waals surface area contributed by atoms with Gasteiger partial charge >= 0.3 is 0 Å². The number of ether oxygens (including phenoxy) is 1. The maximum Gasteiger partial charge on any atom is 0.228 e. The number of nitrogens with one attached hydrogen (secondary N) is 2. The van der Waals surface area contributed by atoms with E-state index in [0.29, 0.717) is 17.0 Å². The Bertz CT molecular complexity index is 839. The zero-order valence-corrected chi connectivity index (χ0v) is 12.8. The molecular weight excluding hydrogens is 292 g/mol. The van der Waals surface area contributed by atoms with Crippen molar-refractivity contribution >= 4 is 22.5 Å². The lowest BCUT2D eigenvalue weighted by Gasteiger charge is -2.10. The van der Waals surface area contributed by atoms with E-state index in [4.69, 9.17) is 4.74 Å². The van der Waals surface area contributed by atoms with E-state index in [-0.39, 0.29) is 18.9 Å². The molecule has 0 aliphatic carbocycles. The van der Waals surface area contributed by atoms with Crippen LogP contribution in [0.1, 0.15) is 11.1 Å². The second-order valence-corrected chi connectivity index (χ2v) is 5.27. The summed E-state index contributed by atoms with van der Waals surface area (Å²) in [5, 5.41) is 13.2. The molecule has 0 aliphatic rings. The maximum atomic E-state index is 12.3. The molecule has 0 saturated carbocycles. The molecule has 0 aliphatic heterocycles. The van der Waals surface area contributed by atoms with Gasteiger partial charge in [-0.25, -0.2) is 0 Å². The number of amides is 1. The Hall–Kier alpha value is -2.79. The highest BCUT2D eigenvalue weighted by Crippen LogP contribution is 2.23. The summed E-state index contributed by atoms with van der Waals surface area (Å²) in [5.41, 5.74) is 3.24. The number of aliphatic hydroxyl groups is 1. The number of methoxy groups -OCH3 is 1. The molecular formula is C18H18N2O3. The number of carbonyl (C=O) groups excluding carboxylic acids is 1. The Labute approximate surface area is 133 Å². The quantitative estimate of drug-likeness (QED) is 0.678. The molecule has 3 aromatic rings. The van der Waals surface area contributed by atoms with E-state index < -0.39 is 0 Å². The number of para-hydroxylation sites is 1. The lowest BCUT2D eigenvalue weighted by molar-refractivity contribution is -0.115. The number of fused-ring (bicyclic) bond motifs is 1. The molecule has 0 atom stereocenters. The van der Waals surface area contributed by atoms with E-state index >= 15 is 0 Å². The van der Waals surface area contributed by atoms with Gasteiger partial charge in [-0.05, 0) is 29.8 Å². The van der Waals surface area contributed by atoms with Crippen molar-refractivity contribution in [2.75, 3.05) is 12.4 Å². The van der Waals surface area contributed by atoms with Gasteiger partial charge in [0.2, 0.25) is 5.91 Å². The van der Waals surface area contributed by atoms with Gasteiger partial charge in [0.1, 0.15) is 5.75 Å². The summed E-state index contributed by atoms with van der Waals surface area (Å²) < 4.78 is 5.15. The van der Waals surface area contributed by atoms with Crippen molar-refractivity contribution in [3.8, 4) is 5.75 Å². The number of benzene rings is 2. The average molecular weight is 310 g/mol. The van der Waals surface area contributed by atoms with Crippen LogP contribution in [0.3, 0.4) is 0 Å². The number of aromatic amines is 1. The van der Waals surface area contributed by atoms with Crippen molar-refractivity contribution in [3.05, 3.63) is 59.8 Å². The van der Waals surface area contributed by atoms with Gasteiger partial charge in [-0.1, -0.05) is 18.2 Å². The molecule has 118 valence electrons. The number of H-pyrrole nitrogens is 1. The SMILES string of the molecule is COc1ccc(NC(=O)Cc2c[nH]c3ccccc23)cc1CO. The van der Waals surface area contributed by atoms with Crippen LogP contribution < -0.4 is 10.1 Å². The van der Waals surface area contributed by atoms with Gasteiger partial charge in [0.15, 0.2) is 0 Å². The largest absolute Gasteiger partial charge is 0.496 e. The minimum absolute atomic E-state index is 0.108. The molecule has 1 heterocycles. The van der Waals surface area contributed by atoms with Crippen LogP contribution >= 0.6 is 0 Å². The smallest absolute Gasteiger partial charge is 0.228 e. The third kappa shape index (κ3) is 3.19. The molecule has 0 saturated heterocycles. The van der Waals surface area contributed by atoms with Gasteiger partial charge in [0.05, 0.1) is 20.1 Å².